The summed E-state index contributed by atoms with van der Waals surface area (Å²) in [6, 6.07) is 12.2. The standard InChI is InChI=1S/C21H18ClN7O3/c22-13-4-5-15(14(9-13)19-26-28-29-27-19)24-21(31)17-8-11-2-1-3-16(18(11)23-17)25-20(30)12-6-7-32-10-12/h1-5,8-9,12,23H,6-7,10H2,(H,24,31)(H,25,30)(H,26,27,28,29). The van der Waals surface area contributed by atoms with Gasteiger partial charge in [-0.2, -0.15) is 0 Å². The zero-order valence-corrected chi connectivity index (χ0v) is 17.4. The Kier molecular flexibility index (Phi) is 5.29. The summed E-state index contributed by atoms with van der Waals surface area (Å²) in [5, 5.41) is 20.8. The molecule has 32 heavy (non-hydrogen) atoms. The number of H-pyrrole nitrogens is 2. The number of amides is 2. The molecular formula is C21H18ClN7O3. The molecule has 1 aliphatic heterocycles. The third-order valence-electron chi connectivity index (χ3n) is 5.29. The fourth-order valence-corrected chi connectivity index (χ4v) is 3.82. The Morgan fingerprint density at radius 2 is 2.03 bits per heavy atom. The molecule has 2 aromatic carbocycles. The third-order valence-corrected chi connectivity index (χ3v) is 5.52. The van der Waals surface area contributed by atoms with E-state index >= 15 is 0 Å². The van der Waals surface area contributed by atoms with Crippen LogP contribution in [0.2, 0.25) is 5.02 Å². The zero-order valence-electron chi connectivity index (χ0n) is 16.7. The molecule has 0 aliphatic carbocycles. The highest BCUT2D eigenvalue weighted by molar-refractivity contribution is 6.31. The minimum Gasteiger partial charge on any atom is -0.381 e. The number of aromatic nitrogens is 5. The van der Waals surface area contributed by atoms with Gasteiger partial charge in [0.15, 0.2) is 5.82 Å². The number of fused-ring (bicyclic) bond motifs is 1. The fraction of sp³-hybridized carbons (Fsp3) is 0.190. The second-order valence-electron chi connectivity index (χ2n) is 7.40. The first kappa shape index (κ1) is 20.2. The molecule has 11 heteroatoms. The number of carbonyl (C=O) groups is 2. The maximum atomic E-state index is 13.0. The van der Waals surface area contributed by atoms with Gasteiger partial charge in [-0.25, -0.2) is 5.10 Å². The summed E-state index contributed by atoms with van der Waals surface area (Å²) in [5.41, 5.74) is 2.66. The topological polar surface area (TPSA) is 138 Å². The first-order chi connectivity index (χ1) is 15.6. The molecule has 162 valence electrons. The summed E-state index contributed by atoms with van der Waals surface area (Å²) in [6.45, 7) is 1.01. The molecule has 1 aliphatic rings. The lowest BCUT2D eigenvalue weighted by Crippen LogP contribution is -2.22. The lowest BCUT2D eigenvalue weighted by atomic mass is 10.1. The number of halogens is 1. The van der Waals surface area contributed by atoms with Crippen LogP contribution in [0.25, 0.3) is 22.3 Å². The molecule has 0 saturated carbocycles. The number of nitrogens with zero attached hydrogens (tertiary/aromatic N) is 3. The highest BCUT2D eigenvalue weighted by Crippen LogP contribution is 2.29. The average molecular weight is 452 g/mol. The smallest absolute Gasteiger partial charge is 0.272 e. The van der Waals surface area contributed by atoms with E-state index in [0.717, 1.165) is 5.39 Å². The largest absolute Gasteiger partial charge is 0.381 e. The lowest BCUT2D eigenvalue weighted by molar-refractivity contribution is -0.119. The highest BCUT2D eigenvalue weighted by atomic mass is 35.5. The molecule has 10 nitrogen and oxygen atoms in total. The van der Waals surface area contributed by atoms with Gasteiger partial charge >= 0.3 is 0 Å². The van der Waals surface area contributed by atoms with Gasteiger partial charge in [0.2, 0.25) is 5.91 Å². The van der Waals surface area contributed by atoms with Gasteiger partial charge in [0, 0.05) is 22.6 Å². The Hall–Kier alpha value is -3.76. The number of para-hydroxylation sites is 1. The van der Waals surface area contributed by atoms with Crippen molar-refractivity contribution < 1.29 is 14.3 Å². The number of benzene rings is 2. The first-order valence-electron chi connectivity index (χ1n) is 9.94. The summed E-state index contributed by atoms with van der Waals surface area (Å²) >= 11 is 6.10. The van der Waals surface area contributed by atoms with Crippen molar-refractivity contribution in [1.82, 2.24) is 25.6 Å². The Bertz CT molecular complexity index is 1300. The van der Waals surface area contributed by atoms with Crippen molar-refractivity contribution in [3.05, 3.63) is 53.2 Å². The van der Waals surface area contributed by atoms with Gasteiger partial charge in [-0.05, 0) is 47.2 Å². The van der Waals surface area contributed by atoms with Crippen molar-refractivity contribution in [2.45, 2.75) is 6.42 Å². The van der Waals surface area contributed by atoms with Crippen molar-refractivity contribution in [2.75, 3.05) is 23.8 Å². The number of rotatable bonds is 5. The summed E-state index contributed by atoms with van der Waals surface area (Å²) < 4.78 is 5.29. The van der Waals surface area contributed by atoms with Gasteiger partial charge in [-0.1, -0.05) is 23.7 Å². The lowest BCUT2D eigenvalue weighted by Gasteiger charge is -2.10. The number of anilines is 2. The molecule has 5 rings (SSSR count). The van der Waals surface area contributed by atoms with Crippen molar-refractivity contribution in [3.8, 4) is 11.4 Å². The first-order valence-corrected chi connectivity index (χ1v) is 10.3. The Morgan fingerprint density at radius 1 is 1.12 bits per heavy atom. The predicted molar refractivity (Wildman–Crippen MR) is 118 cm³/mol. The molecule has 2 aromatic heterocycles. The monoisotopic (exact) mass is 451 g/mol. The quantitative estimate of drug-likeness (QED) is 0.367. The Morgan fingerprint density at radius 3 is 2.81 bits per heavy atom. The number of hydrogen-bond donors (Lipinski definition) is 4. The summed E-state index contributed by atoms with van der Waals surface area (Å²) in [5.74, 6) is -0.252. The summed E-state index contributed by atoms with van der Waals surface area (Å²) in [7, 11) is 0. The summed E-state index contributed by atoms with van der Waals surface area (Å²) in [6.07, 6.45) is 0.699. The van der Waals surface area contributed by atoms with Crippen molar-refractivity contribution in [2.24, 2.45) is 5.92 Å². The van der Waals surface area contributed by atoms with Crippen LogP contribution in [0.15, 0.2) is 42.5 Å². The fourth-order valence-electron chi connectivity index (χ4n) is 3.64. The molecule has 4 N–H and O–H groups in total. The Labute approximate surface area is 186 Å². The number of hydrogen-bond acceptors (Lipinski definition) is 6. The van der Waals surface area contributed by atoms with Gasteiger partial charge in [0.25, 0.3) is 5.91 Å². The average Bonchev–Trinajstić information content (AvgIpc) is 3.56. The van der Waals surface area contributed by atoms with Crippen molar-refractivity contribution in [1.29, 1.82) is 0 Å². The van der Waals surface area contributed by atoms with E-state index in [2.05, 4.69) is 36.2 Å². The molecule has 4 aromatic rings. The molecule has 0 bridgehead atoms. The maximum absolute atomic E-state index is 13.0. The molecule has 3 heterocycles. The van der Waals surface area contributed by atoms with E-state index in [1.54, 1.807) is 30.3 Å². The van der Waals surface area contributed by atoms with Gasteiger partial charge in [-0.15, -0.1) is 5.10 Å². The number of ether oxygens (including phenoxy) is 1. The van der Waals surface area contributed by atoms with Crippen molar-refractivity contribution >= 4 is 45.7 Å². The van der Waals surface area contributed by atoms with E-state index in [1.165, 1.54) is 0 Å². The number of aromatic amines is 2. The Balaban J connectivity index is 1.41. The molecule has 0 radical (unpaired) electrons. The molecule has 2 amide bonds. The SMILES string of the molecule is O=C(Nc1ccc(Cl)cc1-c1nnn[nH]1)c1cc2cccc(NC(=O)C3CCOC3)c2[nH]1. The zero-order chi connectivity index (χ0) is 22.1. The van der Waals surface area contributed by atoms with Crippen LogP contribution in [0.1, 0.15) is 16.9 Å². The highest BCUT2D eigenvalue weighted by Gasteiger charge is 2.24. The van der Waals surface area contributed by atoms with Crippen LogP contribution in [0.4, 0.5) is 11.4 Å². The minimum atomic E-state index is -0.362. The second-order valence-corrected chi connectivity index (χ2v) is 7.83. The molecule has 1 atom stereocenters. The van der Waals surface area contributed by atoms with Crippen LogP contribution >= 0.6 is 11.6 Å². The molecule has 1 unspecified atom stereocenters. The van der Waals surface area contributed by atoms with Crippen LogP contribution in [0, 0.1) is 5.92 Å². The third kappa shape index (κ3) is 3.93. The van der Waals surface area contributed by atoms with Gasteiger partial charge < -0.3 is 20.4 Å². The van der Waals surface area contributed by atoms with E-state index in [-0.39, 0.29) is 17.7 Å². The van der Waals surface area contributed by atoms with E-state index in [4.69, 9.17) is 16.3 Å². The molecule has 1 saturated heterocycles. The van der Waals surface area contributed by atoms with Crippen LogP contribution in [-0.2, 0) is 9.53 Å². The van der Waals surface area contributed by atoms with Gasteiger partial charge in [-0.3, -0.25) is 9.59 Å². The molecule has 1 fully saturated rings. The predicted octanol–water partition coefficient (Wildman–Crippen LogP) is 3.23. The number of tetrazole rings is 1. The maximum Gasteiger partial charge on any atom is 0.272 e. The number of nitrogens with one attached hydrogen (secondary N) is 4. The van der Waals surface area contributed by atoms with Crippen LogP contribution in [0.3, 0.4) is 0 Å². The van der Waals surface area contributed by atoms with E-state index in [0.29, 0.717) is 58.6 Å². The second kappa shape index (κ2) is 8.40. The van der Waals surface area contributed by atoms with Crippen molar-refractivity contribution in [3.63, 3.8) is 0 Å². The van der Waals surface area contributed by atoms with Crippen LogP contribution in [0.5, 0.6) is 0 Å². The van der Waals surface area contributed by atoms with Gasteiger partial charge in [0.1, 0.15) is 5.69 Å². The summed E-state index contributed by atoms with van der Waals surface area (Å²) in [4.78, 5) is 28.6. The minimum absolute atomic E-state index is 0.0953. The van der Waals surface area contributed by atoms with Gasteiger partial charge in [0.05, 0.1) is 29.4 Å². The van der Waals surface area contributed by atoms with Crippen LogP contribution in [-0.4, -0.2) is 50.6 Å². The van der Waals surface area contributed by atoms with E-state index in [9.17, 15) is 9.59 Å². The number of carbonyl (C=O) groups excluding carboxylic acids is 2. The molecular weight excluding hydrogens is 434 g/mol. The normalized spacial score (nSPS) is 15.7. The van der Waals surface area contributed by atoms with E-state index < -0.39 is 0 Å². The van der Waals surface area contributed by atoms with E-state index in [1.807, 2.05) is 12.1 Å². The van der Waals surface area contributed by atoms with Crippen LogP contribution < -0.4 is 10.6 Å². The molecule has 0 spiro atoms.